The topological polar surface area (TPSA) is 111 Å². The Morgan fingerprint density at radius 1 is 1.00 bits per heavy atom. The van der Waals surface area contributed by atoms with Crippen LogP contribution in [0.2, 0.25) is 0 Å². The van der Waals surface area contributed by atoms with Crippen LogP contribution in [0.3, 0.4) is 0 Å². The number of carboxylic acid groups (broad SMARTS) is 1. The molecule has 1 aromatic heterocycles. The van der Waals surface area contributed by atoms with E-state index in [-0.39, 0.29) is 24.1 Å². The second kappa shape index (κ2) is 11.5. The van der Waals surface area contributed by atoms with Gasteiger partial charge in [-0.05, 0) is 42.0 Å². The maximum atomic E-state index is 13.7. The van der Waals surface area contributed by atoms with Crippen molar-refractivity contribution < 1.29 is 29.6 Å². The van der Waals surface area contributed by atoms with Crippen molar-refractivity contribution in [3.8, 4) is 11.1 Å². The molecule has 1 aromatic carbocycles. The van der Waals surface area contributed by atoms with E-state index in [4.69, 9.17) is 10.1 Å². The highest BCUT2D eigenvalue weighted by Crippen LogP contribution is 2.40. The molecule has 1 unspecified atom stereocenters. The summed E-state index contributed by atoms with van der Waals surface area (Å²) in [5.74, 6) is -1.48. The molecule has 0 amide bonds. The molecule has 4 N–H and O–H groups in total. The lowest BCUT2D eigenvalue weighted by Crippen LogP contribution is -2.19. The number of aliphatic hydroxyl groups excluding tert-OH is 3. The minimum atomic E-state index is -1.18. The minimum absolute atomic E-state index is 0.0131. The summed E-state index contributed by atoms with van der Waals surface area (Å²) in [7, 11) is 0. The third kappa shape index (κ3) is 6.93. The molecule has 2 rings (SSSR count). The van der Waals surface area contributed by atoms with Gasteiger partial charge in [-0.2, -0.15) is 0 Å². The first-order chi connectivity index (χ1) is 15.4. The predicted octanol–water partition coefficient (Wildman–Crippen LogP) is 4.79. The molecule has 0 bridgehead atoms. The van der Waals surface area contributed by atoms with Crippen molar-refractivity contribution in [2.75, 3.05) is 0 Å². The van der Waals surface area contributed by atoms with Gasteiger partial charge in [-0.25, -0.2) is 4.39 Å². The van der Waals surface area contributed by atoms with E-state index in [9.17, 15) is 24.5 Å². The summed E-state index contributed by atoms with van der Waals surface area (Å²) in [6.07, 6.45) is -0.521. The highest BCUT2D eigenvalue weighted by Gasteiger charge is 2.25. The van der Waals surface area contributed by atoms with E-state index in [0.717, 1.165) is 11.4 Å². The van der Waals surface area contributed by atoms with Crippen molar-refractivity contribution in [2.45, 2.75) is 77.6 Å². The number of pyridine rings is 1. The summed E-state index contributed by atoms with van der Waals surface area (Å²) in [5.41, 5.74) is 4.25. The summed E-state index contributed by atoms with van der Waals surface area (Å²) in [5, 5.41) is 39.8. The molecule has 0 aliphatic carbocycles. The second-order valence-corrected chi connectivity index (χ2v) is 8.99. The molecule has 180 valence electrons. The number of hydrogen-bond acceptors (Lipinski definition) is 5. The Morgan fingerprint density at radius 2 is 1.58 bits per heavy atom. The van der Waals surface area contributed by atoms with Crippen molar-refractivity contribution in [2.24, 2.45) is 0 Å². The molecule has 2 aromatic rings. The van der Waals surface area contributed by atoms with Crippen LogP contribution in [0.1, 0.15) is 87.9 Å². The van der Waals surface area contributed by atoms with Gasteiger partial charge in [-0.1, -0.05) is 52.0 Å². The highest BCUT2D eigenvalue weighted by atomic mass is 19.1. The fourth-order valence-corrected chi connectivity index (χ4v) is 3.90. The fourth-order valence-electron chi connectivity index (χ4n) is 3.90. The Morgan fingerprint density at radius 3 is 2.06 bits per heavy atom. The van der Waals surface area contributed by atoms with Crippen LogP contribution < -0.4 is 0 Å². The first-order valence-electron chi connectivity index (χ1n) is 11.2. The Kier molecular flexibility index (Phi) is 9.28. The lowest BCUT2D eigenvalue weighted by Gasteiger charge is -2.25. The van der Waals surface area contributed by atoms with E-state index in [1.165, 1.54) is 18.2 Å². The van der Waals surface area contributed by atoms with Crippen LogP contribution >= 0.6 is 0 Å². The average Bonchev–Trinajstić information content (AvgIpc) is 2.70. The number of nitrogens with zero attached hydrogens (tertiary/aromatic N) is 1. The van der Waals surface area contributed by atoms with Crippen LogP contribution in [-0.4, -0.2) is 43.6 Å². The van der Waals surface area contributed by atoms with Crippen LogP contribution in [0.15, 0.2) is 30.3 Å². The van der Waals surface area contributed by atoms with Gasteiger partial charge >= 0.3 is 5.97 Å². The number of aromatic nitrogens is 1. The number of rotatable bonds is 10. The van der Waals surface area contributed by atoms with Gasteiger partial charge in [-0.3, -0.25) is 9.78 Å². The maximum Gasteiger partial charge on any atom is 0.305 e. The normalized spacial score (nSPS) is 14.8. The Labute approximate surface area is 194 Å². The van der Waals surface area contributed by atoms with E-state index in [1.54, 1.807) is 25.1 Å². The molecular formula is C26H34FNO5. The highest BCUT2D eigenvalue weighted by molar-refractivity contribution is 5.80. The second-order valence-electron chi connectivity index (χ2n) is 8.99. The van der Waals surface area contributed by atoms with Crippen molar-refractivity contribution in [1.82, 2.24) is 4.98 Å². The summed E-state index contributed by atoms with van der Waals surface area (Å²) in [6, 6.07) is 6.01. The first-order valence-corrected chi connectivity index (χ1v) is 11.2. The lowest BCUT2D eigenvalue weighted by atomic mass is 9.85. The Hall–Kier alpha value is -2.61. The van der Waals surface area contributed by atoms with Crippen molar-refractivity contribution in [3.63, 3.8) is 0 Å². The van der Waals surface area contributed by atoms with Crippen molar-refractivity contribution in [1.29, 1.82) is 0 Å². The molecule has 6 nitrogen and oxygen atoms in total. The van der Waals surface area contributed by atoms with Crippen LogP contribution in [0.25, 0.3) is 17.2 Å². The summed E-state index contributed by atoms with van der Waals surface area (Å²) in [4.78, 5) is 15.7. The van der Waals surface area contributed by atoms with Crippen LogP contribution in [0.5, 0.6) is 0 Å². The zero-order chi connectivity index (χ0) is 24.9. The van der Waals surface area contributed by atoms with Gasteiger partial charge in [-0.15, -0.1) is 0 Å². The van der Waals surface area contributed by atoms with Gasteiger partial charge in [0, 0.05) is 23.2 Å². The smallest absolute Gasteiger partial charge is 0.305 e. The first kappa shape index (κ1) is 26.6. The monoisotopic (exact) mass is 459 g/mol. The van der Waals surface area contributed by atoms with Gasteiger partial charge in [0.15, 0.2) is 0 Å². The number of aliphatic carboxylic acids is 1. The Balaban J connectivity index is 2.72. The number of halogens is 1. The molecular weight excluding hydrogens is 425 g/mol. The minimum Gasteiger partial charge on any atom is -0.481 e. The average molecular weight is 460 g/mol. The van der Waals surface area contributed by atoms with E-state index in [2.05, 4.69) is 0 Å². The van der Waals surface area contributed by atoms with Gasteiger partial charge in [0.1, 0.15) is 5.82 Å². The zero-order valence-electron chi connectivity index (χ0n) is 19.8. The molecule has 0 aliphatic heterocycles. The summed E-state index contributed by atoms with van der Waals surface area (Å²) >= 11 is 0. The van der Waals surface area contributed by atoms with Gasteiger partial charge in [0.05, 0.1) is 30.4 Å². The van der Waals surface area contributed by atoms with Gasteiger partial charge < -0.3 is 20.4 Å². The van der Waals surface area contributed by atoms with Crippen molar-refractivity contribution >= 4 is 12.0 Å². The number of aliphatic hydroxyl groups is 3. The molecule has 0 saturated heterocycles. The van der Waals surface area contributed by atoms with Gasteiger partial charge in [0.2, 0.25) is 0 Å². The summed E-state index contributed by atoms with van der Waals surface area (Å²) in [6.45, 7) is 9.64. The zero-order valence-corrected chi connectivity index (χ0v) is 19.8. The molecule has 33 heavy (non-hydrogen) atoms. The van der Waals surface area contributed by atoms with Gasteiger partial charge in [0.25, 0.3) is 0 Å². The maximum absolute atomic E-state index is 13.7. The number of benzene rings is 1. The third-order valence-electron chi connectivity index (χ3n) is 5.38. The SMILES string of the molecule is CC(C)c1nc(C(C)C)c(C(C)O)c(-c2ccc(F)cc2)c1/C=C/[C@@H](O)C[C@@H](O)CC(=O)O. The van der Waals surface area contributed by atoms with E-state index < -0.39 is 30.7 Å². The molecule has 0 fully saturated rings. The Bertz CT molecular complexity index is 983. The molecule has 0 radical (unpaired) electrons. The third-order valence-corrected chi connectivity index (χ3v) is 5.38. The van der Waals surface area contributed by atoms with E-state index >= 15 is 0 Å². The molecule has 7 heteroatoms. The number of carboxylic acids is 1. The quantitative estimate of drug-likeness (QED) is 0.407. The molecule has 0 aliphatic rings. The summed E-state index contributed by atoms with van der Waals surface area (Å²) < 4.78 is 13.7. The van der Waals surface area contributed by atoms with E-state index in [0.29, 0.717) is 22.3 Å². The fraction of sp³-hybridized carbons (Fsp3) is 0.462. The molecule has 0 spiro atoms. The van der Waals surface area contributed by atoms with E-state index in [1.807, 2.05) is 27.7 Å². The standard InChI is InChI=1S/C26H34FNO5/c1-14(2)25-21(11-10-19(30)12-20(31)13-22(32)33)24(17-6-8-18(27)9-7-17)23(16(5)29)26(28-25)15(3)4/h6-11,14-16,19-20,29-31H,12-13H2,1-5H3,(H,32,33)/b11-10+/t16?,19-,20-/m1/s1. The molecule has 0 saturated carbocycles. The van der Waals surface area contributed by atoms with Crippen LogP contribution in [0, 0.1) is 5.82 Å². The van der Waals surface area contributed by atoms with Crippen molar-refractivity contribution in [3.05, 3.63) is 58.7 Å². The number of hydrogen-bond donors (Lipinski definition) is 4. The molecule has 1 heterocycles. The largest absolute Gasteiger partial charge is 0.481 e. The van der Waals surface area contributed by atoms with Crippen LogP contribution in [-0.2, 0) is 4.79 Å². The predicted molar refractivity (Wildman–Crippen MR) is 126 cm³/mol. The molecule has 3 atom stereocenters. The number of carbonyl (C=O) groups is 1. The van der Waals surface area contributed by atoms with Crippen LogP contribution in [0.4, 0.5) is 4.39 Å². The lowest BCUT2D eigenvalue weighted by molar-refractivity contribution is -0.139.